The van der Waals surface area contributed by atoms with Gasteiger partial charge >= 0.3 is 0 Å². The van der Waals surface area contributed by atoms with Crippen molar-refractivity contribution in [1.29, 1.82) is 0 Å². The highest BCUT2D eigenvalue weighted by Gasteiger charge is 2.15. The van der Waals surface area contributed by atoms with Crippen molar-refractivity contribution >= 4 is 23.4 Å². The van der Waals surface area contributed by atoms with E-state index in [9.17, 15) is 13.6 Å². The van der Waals surface area contributed by atoms with E-state index in [1.54, 1.807) is 24.5 Å². The molecule has 126 valence electrons. The van der Waals surface area contributed by atoms with E-state index in [0.29, 0.717) is 16.3 Å². The second-order valence-electron chi connectivity index (χ2n) is 5.04. The molecule has 0 spiro atoms. The molecular formula is C18H13F2N3OS. The first-order valence-corrected chi connectivity index (χ1v) is 8.36. The normalized spacial score (nSPS) is 10.5. The van der Waals surface area contributed by atoms with Crippen molar-refractivity contribution in [2.45, 2.75) is 10.8 Å². The molecule has 0 radical (unpaired) electrons. The van der Waals surface area contributed by atoms with Gasteiger partial charge in [0.05, 0.1) is 16.9 Å². The van der Waals surface area contributed by atoms with E-state index in [0.717, 1.165) is 17.8 Å². The molecule has 0 saturated carbocycles. The Morgan fingerprint density at radius 3 is 2.64 bits per heavy atom. The van der Waals surface area contributed by atoms with E-state index in [-0.39, 0.29) is 5.69 Å². The Morgan fingerprint density at radius 1 is 1.04 bits per heavy atom. The number of rotatable bonds is 5. The molecule has 1 aromatic carbocycles. The number of benzene rings is 1. The van der Waals surface area contributed by atoms with E-state index in [1.807, 2.05) is 18.2 Å². The Morgan fingerprint density at radius 2 is 1.88 bits per heavy atom. The lowest BCUT2D eigenvalue weighted by atomic mass is 10.2. The molecule has 25 heavy (non-hydrogen) atoms. The number of hydrogen-bond acceptors (Lipinski definition) is 4. The van der Waals surface area contributed by atoms with Crippen LogP contribution in [0, 0.1) is 11.6 Å². The average Bonchev–Trinajstić information content (AvgIpc) is 2.63. The van der Waals surface area contributed by atoms with Crippen LogP contribution in [-0.4, -0.2) is 15.9 Å². The van der Waals surface area contributed by atoms with Gasteiger partial charge in [-0.15, -0.1) is 0 Å². The summed E-state index contributed by atoms with van der Waals surface area (Å²) in [5, 5.41) is 2.95. The van der Waals surface area contributed by atoms with Crippen molar-refractivity contribution in [3.05, 3.63) is 83.8 Å². The van der Waals surface area contributed by atoms with Gasteiger partial charge in [0.2, 0.25) is 0 Å². The predicted molar refractivity (Wildman–Crippen MR) is 92.3 cm³/mol. The number of hydrogen-bond donors (Lipinski definition) is 1. The van der Waals surface area contributed by atoms with Crippen molar-refractivity contribution in [1.82, 2.24) is 9.97 Å². The Kier molecular flexibility index (Phi) is 5.35. The van der Waals surface area contributed by atoms with Gasteiger partial charge in [-0.25, -0.2) is 13.8 Å². The standard InChI is InChI=1S/C18H13F2N3OS/c19-12-6-7-16(15(20)10-12)23-17(24)14-5-3-9-22-18(14)25-11-13-4-1-2-8-21-13/h1-10H,11H2,(H,23,24). The van der Waals surface area contributed by atoms with E-state index in [1.165, 1.54) is 17.8 Å². The minimum absolute atomic E-state index is 0.0871. The predicted octanol–water partition coefficient (Wildman–Crippen LogP) is 4.30. The number of halogens is 2. The van der Waals surface area contributed by atoms with Gasteiger partial charge in [0.1, 0.15) is 16.7 Å². The number of amides is 1. The molecule has 1 N–H and O–H groups in total. The van der Waals surface area contributed by atoms with E-state index >= 15 is 0 Å². The van der Waals surface area contributed by atoms with Crippen molar-refractivity contribution in [2.75, 3.05) is 5.32 Å². The van der Waals surface area contributed by atoms with Crippen molar-refractivity contribution in [3.8, 4) is 0 Å². The van der Waals surface area contributed by atoms with E-state index in [2.05, 4.69) is 15.3 Å². The Bertz CT molecular complexity index is 890. The van der Waals surface area contributed by atoms with Crippen LogP contribution in [0.15, 0.2) is 66.0 Å². The number of nitrogens with zero attached hydrogens (tertiary/aromatic N) is 2. The highest BCUT2D eigenvalue weighted by molar-refractivity contribution is 7.98. The lowest BCUT2D eigenvalue weighted by molar-refractivity contribution is 0.102. The summed E-state index contributed by atoms with van der Waals surface area (Å²) in [6.45, 7) is 0. The molecule has 2 heterocycles. The smallest absolute Gasteiger partial charge is 0.258 e. The van der Waals surface area contributed by atoms with Crippen LogP contribution in [0.2, 0.25) is 0 Å². The molecule has 0 fully saturated rings. The highest BCUT2D eigenvalue weighted by Crippen LogP contribution is 2.24. The molecule has 0 aliphatic rings. The van der Waals surface area contributed by atoms with Gasteiger partial charge in [0, 0.05) is 24.2 Å². The minimum Gasteiger partial charge on any atom is -0.319 e. The maximum Gasteiger partial charge on any atom is 0.258 e. The minimum atomic E-state index is -0.833. The molecule has 0 bridgehead atoms. The van der Waals surface area contributed by atoms with Crippen LogP contribution in [0.25, 0.3) is 0 Å². The maximum absolute atomic E-state index is 13.7. The molecule has 0 atom stereocenters. The summed E-state index contributed by atoms with van der Waals surface area (Å²) in [5.41, 5.74) is 1.08. The number of carbonyl (C=O) groups excluding carboxylic acids is 1. The summed E-state index contributed by atoms with van der Waals surface area (Å²) in [5.74, 6) is -1.51. The third-order valence-electron chi connectivity index (χ3n) is 3.28. The van der Waals surface area contributed by atoms with Crippen LogP contribution < -0.4 is 5.32 Å². The number of nitrogens with one attached hydrogen (secondary N) is 1. The van der Waals surface area contributed by atoms with Crippen molar-refractivity contribution < 1.29 is 13.6 Å². The highest BCUT2D eigenvalue weighted by atomic mass is 32.2. The second-order valence-corrected chi connectivity index (χ2v) is 6.01. The van der Waals surface area contributed by atoms with Gasteiger partial charge in [-0.3, -0.25) is 9.78 Å². The molecule has 0 unspecified atom stereocenters. The largest absolute Gasteiger partial charge is 0.319 e. The topological polar surface area (TPSA) is 54.9 Å². The van der Waals surface area contributed by atoms with Gasteiger partial charge in [-0.05, 0) is 36.4 Å². The summed E-state index contributed by atoms with van der Waals surface area (Å²) >= 11 is 1.36. The van der Waals surface area contributed by atoms with Crippen LogP contribution in [0.1, 0.15) is 16.1 Å². The zero-order chi connectivity index (χ0) is 17.6. The van der Waals surface area contributed by atoms with Crippen LogP contribution in [0.3, 0.4) is 0 Å². The molecule has 3 aromatic rings. The molecule has 7 heteroatoms. The molecule has 0 aliphatic heterocycles. The Labute approximate surface area is 147 Å². The average molecular weight is 357 g/mol. The fourth-order valence-electron chi connectivity index (χ4n) is 2.08. The van der Waals surface area contributed by atoms with Gasteiger partial charge in [0.25, 0.3) is 5.91 Å². The summed E-state index contributed by atoms with van der Waals surface area (Å²) in [6.07, 6.45) is 3.27. The van der Waals surface area contributed by atoms with Gasteiger partial charge in [-0.1, -0.05) is 17.8 Å². The van der Waals surface area contributed by atoms with Crippen molar-refractivity contribution in [3.63, 3.8) is 0 Å². The molecule has 2 aromatic heterocycles. The van der Waals surface area contributed by atoms with E-state index < -0.39 is 17.5 Å². The molecule has 1 amide bonds. The lowest BCUT2D eigenvalue weighted by Crippen LogP contribution is -2.14. The van der Waals surface area contributed by atoms with Crippen LogP contribution >= 0.6 is 11.8 Å². The summed E-state index contributed by atoms with van der Waals surface area (Å²) in [7, 11) is 0. The molecule has 0 saturated heterocycles. The molecule has 0 aliphatic carbocycles. The monoisotopic (exact) mass is 357 g/mol. The number of carbonyl (C=O) groups is 1. The summed E-state index contributed by atoms with van der Waals surface area (Å²) in [4.78, 5) is 20.9. The third-order valence-corrected chi connectivity index (χ3v) is 4.32. The van der Waals surface area contributed by atoms with Crippen LogP contribution in [0.5, 0.6) is 0 Å². The molecule has 3 rings (SSSR count). The summed E-state index contributed by atoms with van der Waals surface area (Å²) < 4.78 is 26.7. The van der Waals surface area contributed by atoms with Crippen molar-refractivity contribution in [2.24, 2.45) is 0 Å². The van der Waals surface area contributed by atoms with E-state index in [4.69, 9.17) is 0 Å². The van der Waals surface area contributed by atoms with Crippen LogP contribution in [-0.2, 0) is 5.75 Å². The number of pyridine rings is 2. The Balaban J connectivity index is 1.76. The first kappa shape index (κ1) is 17.0. The van der Waals surface area contributed by atoms with Gasteiger partial charge in [-0.2, -0.15) is 0 Å². The third kappa shape index (κ3) is 4.39. The van der Waals surface area contributed by atoms with Gasteiger partial charge in [0.15, 0.2) is 0 Å². The fraction of sp³-hybridized carbons (Fsp3) is 0.0556. The fourth-order valence-corrected chi connectivity index (χ4v) is 2.99. The maximum atomic E-state index is 13.7. The van der Waals surface area contributed by atoms with Gasteiger partial charge < -0.3 is 5.32 Å². The zero-order valence-electron chi connectivity index (χ0n) is 12.9. The zero-order valence-corrected chi connectivity index (χ0v) is 13.8. The number of thioether (sulfide) groups is 1. The lowest BCUT2D eigenvalue weighted by Gasteiger charge is -2.09. The van der Waals surface area contributed by atoms with Crippen LogP contribution in [0.4, 0.5) is 14.5 Å². The number of aromatic nitrogens is 2. The quantitative estimate of drug-likeness (QED) is 0.692. The Hall–Kier alpha value is -2.80. The summed E-state index contributed by atoms with van der Waals surface area (Å²) in [6, 6.07) is 11.8. The number of anilines is 1. The first-order valence-electron chi connectivity index (χ1n) is 7.37. The molecular weight excluding hydrogens is 344 g/mol. The SMILES string of the molecule is O=C(Nc1ccc(F)cc1F)c1cccnc1SCc1ccccn1. The first-order chi connectivity index (χ1) is 12.1. The molecule has 4 nitrogen and oxygen atoms in total. The second kappa shape index (κ2) is 7.85.